The molecule has 2 aromatic heterocycles. The fourth-order valence-electron chi connectivity index (χ4n) is 6.11. The van der Waals surface area contributed by atoms with Crippen molar-refractivity contribution < 1.29 is 11.3 Å². The highest BCUT2D eigenvalue weighted by Gasteiger charge is 2.15. The number of furan rings is 1. The van der Waals surface area contributed by atoms with E-state index in [1.807, 2.05) is 97.1 Å². The predicted molar refractivity (Wildman–Crippen MR) is 200 cm³/mol. The standard InChI is InChI=1S/C45H29N3O/c1-4-10-30(11-5-1)31-16-18-32(19-17-31)33-20-22-34(23-21-33)37-24-26-39-40-28-38(25-27-41(40)49-42(39)29-37)45-47-43(35-12-6-2-7-13-35)46-44(48-45)36-14-8-3-9-15-36/h1-29H/i1D,4D,5D,10D,11D. The number of hydrogen-bond donors (Lipinski definition) is 0. The Morgan fingerprint density at radius 3 is 1.39 bits per heavy atom. The van der Waals surface area contributed by atoms with Crippen LogP contribution in [0.2, 0.25) is 0 Å². The van der Waals surface area contributed by atoms with E-state index < -0.39 is 6.04 Å². The molecule has 7 aromatic carbocycles. The van der Waals surface area contributed by atoms with Crippen LogP contribution in [-0.4, -0.2) is 15.0 Å². The molecule has 0 saturated heterocycles. The van der Waals surface area contributed by atoms with E-state index in [-0.39, 0.29) is 29.7 Å². The van der Waals surface area contributed by atoms with Crippen LogP contribution in [0.15, 0.2) is 180 Å². The van der Waals surface area contributed by atoms with Crippen molar-refractivity contribution in [3.63, 3.8) is 0 Å². The minimum Gasteiger partial charge on any atom is -0.456 e. The number of hydrogen-bond acceptors (Lipinski definition) is 4. The van der Waals surface area contributed by atoms with Gasteiger partial charge in [0.05, 0.1) is 6.85 Å². The zero-order valence-corrected chi connectivity index (χ0v) is 26.1. The minimum absolute atomic E-state index is 0.195. The van der Waals surface area contributed by atoms with Gasteiger partial charge in [0, 0.05) is 27.5 Å². The molecule has 0 N–H and O–H groups in total. The van der Waals surface area contributed by atoms with Crippen LogP contribution in [0.3, 0.4) is 0 Å². The molecule has 0 spiro atoms. The average molecular weight is 633 g/mol. The van der Waals surface area contributed by atoms with Gasteiger partial charge in [-0.1, -0.05) is 145 Å². The molecule has 9 aromatic rings. The Labute approximate surface area is 291 Å². The van der Waals surface area contributed by atoms with Crippen molar-refractivity contribution in [1.82, 2.24) is 15.0 Å². The maximum atomic E-state index is 8.30. The summed E-state index contributed by atoms with van der Waals surface area (Å²) in [4.78, 5) is 14.6. The van der Waals surface area contributed by atoms with Crippen LogP contribution < -0.4 is 0 Å². The average Bonchev–Trinajstić information content (AvgIpc) is 3.60. The van der Waals surface area contributed by atoms with Gasteiger partial charge in [-0.15, -0.1) is 0 Å². The molecule has 0 unspecified atom stereocenters. The molecular weight excluding hydrogens is 599 g/mol. The molecule has 9 rings (SSSR count). The molecule has 0 bridgehead atoms. The smallest absolute Gasteiger partial charge is 0.164 e. The number of fused-ring (bicyclic) bond motifs is 3. The molecule has 0 aliphatic heterocycles. The topological polar surface area (TPSA) is 51.8 Å². The largest absolute Gasteiger partial charge is 0.456 e. The molecule has 0 fully saturated rings. The van der Waals surface area contributed by atoms with Crippen molar-refractivity contribution in [1.29, 1.82) is 0 Å². The third-order valence-corrected chi connectivity index (χ3v) is 8.65. The van der Waals surface area contributed by atoms with Gasteiger partial charge in [0.1, 0.15) is 11.2 Å². The van der Waals surface area contributed by atoms with Crippen molar-refractivity contribution in [2.75, 3.05) is 0 Å². The zero-order valence-electron chi connectivity index (χ0n) is 31.1. The first-order valence-corrected chi connectivity index (χ1v) is 15.9. The van der Waals surface area contributed by atoms with Crippen LogP contribution in [-0.2, 0) is 0 Å². The Balaban J connectivity index is 1.02. The van der Waals surface area contributed by atoms with Crippen molar-refractivity contribution in [2.45, 2.75) is 0 Å². The molecule has 230 valence electrons. The van der Waals surface area contributed by atoms with E-state index in [1.165, 1.54) is 0 Å². The van der Waals surface area contributed by atoms with Gasteiger partial charge in [-0.2, -0.15) is 0 Å². The molecule has 4 nitrogen and oxygen atoms in total. The Bertz CT molecular complexity index is 2770. The lowest BCUT2D eigenvalue weighted by atomic mass is 9.97. The first-order chi connectivity index (χ1) is 26.3. The second kappa shape index (κ2) is 12.2. The molecule has 4 heteroatoms. The molecule has 0 radical (unpaired) electrons. The summed E-state index contributed by atoms with van der Waals surface area (Å²) in [6.45, 7) is 0. The number of benzene rings is 7. The van der Waals surface area contributed by atoms with E-state index in [2.05, 4.69) is 36.4 Å². The van der Waals surface area contributed by atoms with Crippen molar-refractivity contribution in [3.05, 3.63) is 176 Å². The second-order valence-electron chi connectivity index (χ2n) is 11.7. The number of rotatable bonds is 6. The molecule has 0 aliphatic rings. The lowest BCUT2D eigenvalue weighted by Gasteiger charge is -2.08. The molecule has 0 saturated carbocycles. The van der Waals surface area contributed by atoms with Gasteiger partial charge >= 0.3 is 0 Å². The Morgan fingerprint density at radius 2 is 0.816 bits per heavy atom. The summed E-state index contributed by atoms with van der Waals surface area (Å²) >= 11 is 0. The second-order valence-corrected chi connectivity index (χ2v) is 11.7. The van der Waals surface area contributed by atoms with Crippen molar-refractivity contribution >= 4 is 21.9 Å². The first-order valence-electron chi connectivity index (χ1n) is 18.4. The van der Waals surface area contributed by atoms with E-state index in [0.717, 1.165) is 60.9 Å². The Kier molecular flexibility index (Phi) is 5.87. The fraction of sp³-hybridized carbons (Fsp3) is 0. The summed E-state index contributed by atoms with van der Waals surface area (Å²) in [5.41, 5.74) is 9.00. The van der Waals surface area contributed by atoms with E-state index in [9.17, 15) is 0 Å². The normalized spacial score (nSPS) is 12.7. The molecular formula is C45H29N3O. The number of aromatic nitrogens is 3. The Hall–Kier alpha value is -6.65. The summed E-state index contributed by atoms with van der Waals surface area (Å²) in [7, 11) is 0. The van der Waals surface area contributed by atoms with Gasteiger partial charge in [0.2, 0.25) is 0 Å². The minimum atomic E-state index is -0.397. The first kappa shape index (κ1) is 23.6. The van der Waals surface area contributed by atoms with Crippen molar-refractivity contribution in [3.8, 4) is 67.5 Å². The van der Waals surface area contributed by atoms with Crippen LogP contribution >= 0.6 is 0 Å². The van der Waals surface area contributed by atoms with Crippen LogP contribution in [0.5, 0.6) is 0 Å². The summed E-state index contributed by atoms with van der Waals surface area (Å²) in [6, 6.07) is 46.3. The maximum Gasteiger partial charge on any atom is 0.164 e. The van der Waals surface area contributed by atoms with Gasteiger partial charge in [-0.05, 0) is 63.7 Å². The van der Waals surface area contributed by atoms with Crippen LogP contribution in [0.4, 0.5) is 0 Å². The van der Waals surface area contributed by atoms with E-state index in [4.69, 9.17) is 26.2 Å². The summed E-state index contributed by atoms with van der Waals surface area (Å²) < 4.78 is 46.9. The quantitative estimate of drug-likeness (QED) is 0.183. The van der Waals surface area contributed by atoms with Gasteiger partial charge in [0.25, 0.3) is 0 Å². The molecule has 0 aliphatic carbocycles. The van der Waals surface area contributed by atoms with E-state index in [1.54, 1.807) is 12.1 Å². The van der Waals surface area contributed by atoms with Crippen molar-refractivity contribution in [2.24, 2.45) is 0 Å². The third-order valence-electron chi connectivity index (χ3n) is 8.65. The van der Waals surface area contributed by atoms with Gasteiger partial charge < -0.3 is 4.42 Å². The van der Waals surface area contributed by atoms with Crippen LogP contribution in [0.25, 0.3) is 89.5 Å². The van der Waals surface area contributed by atoms with Crippen LogP contribution in [0.1, 0.15) is 6.85 Å². The number of nitrogens with zero attached hydrogens (tertiary/aromatic N) is 3. The lowest BCUT2D eigenvalue weighted by Crippen LogP contribution is -2.00. The predicted octanol–water partition coefficient (Wildman–Crippen LogP) is 11.8. The molecule has 0 atom stereocenters. The zero-order chi connectivity index (χ0) is 36.9. The fourth-order valence-corrected chi connectivity index (χ4v) is 6.11. The molecule has 49 heavy (non-hydrogen) atoms. The van der Waals surface area contributed by atoms with Crippen LogP contribution in [0, 0.1) is 0 Å². The summed E-state index contributed by atoms with van der Waals surface area (Å²) in [6.07, 6.45) is 0. The lowest BCUT2D eigenvalue weighted by molar-refractivity contribution is 0.669. The SMILES string of the molecule is [2H]c1c([2H])c([2H])c(-c2ccc(-c3ccc(-c4ccc5c(c4)oc4ccc(-c6nc(-c7ccccc7)nc(-c7ccccc7)n6)cc45)cc3)cc2)c([2H])c1[2H]. The van der Waals surface area contributed by atoms with Gasteiger partial charge in [-0.25, -0.2) is 15.0 Å². The molecule has 0 amide bonds. The monoisotopic (exact) mass is 632 g/mol. The van der Waals surface area contributed by atoms with Gasteiger partial charge in [0.15, 0.2) is 17.5 Å². The van der Waals surface area contributed by atoms with Gasteiger partial charge in [-0.3, -0.25) is 0 Å². The highest BCUT2D eigenvalue weighted by molar-refractivity contribution is 6.07. The summed E-state index contributed by atoms with van der Waals surface area (Å²) in [5.74, 6) is 1.80. The summed E-state index contributed by atoms with van der Waals surface area (Å²) in [5, 5.41) is 1.96. The van der Waals surface area contributed by atoms with E-state index in [0.29, 0.717) is 23.0 Å². The highest BCUT2D eigenvalue weighted by Crippen LogP contribution is 2.36. The maximum absolute atomic E-state index is 8.30. The highest BCUT2D eigenvalue weighted by atomic mass is 16.3. The Morgan fingerprint density at radius 1 is 0.347 bits per heavy atom. The molecule has 2 heterocycles. The third kappa shape index (κ3) is 5.56. The van der Waals surface area contributed by atoms with E-state index >= 15 is 0 Å².